The van der Waals surface area contributed by atoms with E-state index in [2.05, 4.69) is 6.92 Å². The quantitative estimate of drug-likeness (QED) is 0.190. The third-order valence-corrected chi connectivity index (χ3v) is 4.36. The molecule has 0 radical (unpaired) electrons. The van der Waals surface area contributed by atoms with Crippen LogP contribution in [0.1, 0.15) is 96.8 Å². The molecule has 0 amide bonds. The maximum atomic E-state index is 10.5. The van der Waals surface area contributed by atoms with E-state index < -0.39 is 17.9 Å². The number of aliphatic carboxylic acids is 1. The first kappa shape index (κ1) is 27.2. The molecule has 0 aliphatic carbocycles. The Morgan fingerprint density at radius 3 is 1.46 bits per heavy atom. The molecule has 140 valence electrons. The van der Waals surface area contributed by atoms with Crippen molar-refractivity contribution in [2.45, 2.75) is 109 Å². The zero-order valence-electron chi connectivity index (χ0n) is 14.7. The van der Waals surface area contributed by atoms with E-state index in [-0.39, 0.29) is 57.8 Å². The molecule has 1 unspecified atom stereocenters. The van der Waals surface area contributed by atoms with Crippen molar-refractivity contribution in [3.8, 4) is 0 Å². The second-order valence-electron chi connectivity index (χ2n) is 6.58. The molecule has 5 nitrogen and oxygen atoms in total. The molecule has 24 heavy (non-hydrogen) atoms. The summed E-state index contributed by atoms with van der Waals surface area (Å²) in [5.74, 6) is -4.84. The van der Waals surface area contributed by atoms with Gasteiger partial charge < -0.3 is 20.4 Å². The number of carbonyl (C=O) groups is 1. The van der Waals surface area contributed by atoms with Gasteiger partial charge in [-0.2, -0.15) is 0 Å². The molecular formula is C18H37KO5. The van der Waals surface area contributed by atoms with E-state index in [0.717, 1.165) is 19.3 Å². The SMILES string of the molecule is CCCCCCCCCCCCCCCC(O)C(O)(O)C(=O)O.[KH]. The van der Waals surface area contributed by atoms with Crippen LogP contribution in [0.4, 0.5) is 0 Å². The molecule has 0 saturated heterocycles. The summed E-state index contributed by atoms with van der Waals surface area (Å²) in [6, 6.07) is 0. The van der Waals surface area contributed by atoms with E-state index in [4.69, 9.17) is 15.3 Å². The Morgan fingerprint density at radius 2 is 1.12 bits per heavy atom. The number of carboxylic acids is 1. The van der Waals surface area contributed by atoms with Crippen LogP contribution < -0.4 is 0 Å². The molecule has 0 aromatic rings. The summed E-state index contributed by atoms with van der Waals surface area (Å²) in [7, 11) is 0. The van der Waals surface area contributed by atoms with E-state index in [1.165, 1.54) is 57.8 Å². The number of carboxylic acid groups (broad SMARTS) is 1. The first-order valence-corrected chi connectivity index (χ1v) is 9.29. The molecular weight excluding hydrogens is 335 g/mol. The molecule has 0 fully saturated rings. The van der Waals surface area contributed by atoms with Crippen molar-refractivity contribution in [2.24, 2.45) is 0 Å². The summed E-state index contributed by atoms with van der Waals surface area (Å²) in [4.78, 5) is 10.5. The normalized spacial score (nSPS) is 12.7. The van der Waals surface area contributed by atoms with Crippen LogP contribution in [0, 0.1) is 0 Å². The van der Waals surface area contributed by atoms with Gasteiger partial charge in [0.15, 0.2) is 0 Å². The fraction of sp³-hybridized carbons (Fsp3) is 0.944. The Labute approximate surface area is 189 Å². The van der Waals surface area contributed by atoms with Crippen LogP contribution in [0.2, 0.25) is 0 Å². The maximum absolute atomic E-state index is 10.5. The average Bonchev–Trinajstić information content (AvgIpc) is 2.51. The van der Waals surface area contributed by atoms with Crippen molar-refractivity contribution >= 4 is 57.4 Å². The summed E-state index contributed by atoms with van der Waals surface area (Å²) in [5, 5.41) is 36.3. The van der Waals surface area contributed by atoms with Crippen molar-refractivity contribution in [3.63, 3.8) is 0 Å². The van der Waals surface area contributed by atoms with Gasteiger partial charge in [0, 0.05) is 0 Å². The monoisotopic (exact) mass is 372 g/mol. The van der Waals surface area contributed by atoms with E-state index in [9.17, 15) is 9.90 Å². The van der Waals surface area contributed by atoms with E-state index in [1.54, 1.807) is 0 Å². The molecule has 6 heteroatoms. The zero-order chi connectivity index (χ0) is 17.6. The van der Waals surface area contributed by atoms with Gasteiger partial charge in [0.1, 0.15) is 6.10 Å². The van der Waals surface area contributed by atoms with Gasteiger partial charge >= 0.3 is 57.4 Å². The van der Waals surface area contributed by atoms with Gasteiger partial charge in [0.05, 0.1) is 0 Å². The molecule has 0 heterocycles. The van der Waals surface area contributed by atoms with Gasteiger partial charge in [0.25, 0.3) is 5.79 Å². The van der Waals surface area contributed by atoms with Crippen molar-refractivity contribution < 1.29 is 25.2 Å². The third kappa shape index (κ3) is 14.2. The number of hydrogen-bond acceptors (Lipinski definition) is 4. The molecule has 0 aliphatic heterocycles. The van der Waals surface area contributed by atoms with Crippen molar-refractivity contribution in [3.05, 3.63) is 0 Å². The van der Waals surface area contributed by atoms with Crippen LogP contribution >= 0.6 is 0 Å². The topological polar surface area (TPSA) is 98.0 Å². The number of hydrogen-bond donors (Lipinski definition) is 4. The Kier molecular flexibility index (Phi) is 19.7. The first-order chi connectivity index (χ1) is 10.9. The average molecular weight is 373 g/mol. The van der Waals surface area contributed by atoms with Crippen LogP contribution in [0.25, 0.3) is 0 Å². The van der Waals surface area contributed by atoms with Gasteiger partial charge in [-0.1, -0.05) is 90.4 Å². The van der Waals surface area contributed by atoms with Crippen LogP contribution in [-0.2, 0) is 4.79 Å². The predicted molar refractivity (Wildman–Crippen MR) is 98.3 cm³/mol. The summed E-state index contributed by atoms with van der Waals surface area (Å²) < 4.78 is 0. The van der Waals surface area contributed by atoms with E-state index >= 15 is 0 Å². The van der Waals surface area contributed by atoms with Crippen molar-refractivity contribution in [2.75, 3.05) is 0 Å². The Balaban J connectivity index is 0. The van der Waals surface area contributed by atoms with Crippen LogP contribution in [0.3, 0.4) is 0 Å². The standard InChI is InChI=1S/C18H36O5.K.H/c1-2-3-4-5-6-7-8-9-10-11-12-13-14-15-16(19)18(22,23)17(20)21;;/h16,19,22-23H,2-15H2,1H3,(H,20,21);;. The molecule has 0 spiro atoms. The van der Waals surface area contributed by atoms with Gasteiger partial charge in [-0.15, -0.1) is 0 Å². The van der Waals surface area contributed by atoms with Gasteiger partial charge in [0.2, 0.25) is 0 Å². The second-order valence-corrected chi connectivity index (χ2v) is 6.58. The van der Waals surface area contributed by atoms with Crippen molar-refractivity contribution in [1.29, 1.82) is 0 Å². The first-order valence-electron chi connectivity index (χ1n) is 9.29. The van der Waals surface area contributed by atoms with Crippen LogP contribution in [0.15, 0.2) is 0 Å². The Morgan fingerprint density at radius 1 is 0.792 bits per heavy atom. The molecule has 0 aromatic heterocycles. The van der Waals surface area contributed by atoms with E-state index in [0.29, 0.717) is 6.42 Å². The van der Waals surface area contributed by atoms with E-state index in [1.807, 2.05) is 0 Å². The fourth-order valence-corrected chi connectivity index (χ4v) is 2.70. The Hall–Kier alpha value is 0.986. The van der Waals surface area contributed by atoms with Crippen LogP contribution in [-0.4, -0.2) is 89.7 Å². The minimum absolute atomic E-state index is 0. The van der Waals surface area contributed by atoms with Gasteiger partial charge in [-0.05, 0) is 6.42 Å². The number of rotatable bonds is 16. The molecule has 0 rings (SSSR count). The van der Waals surface area contributed by atoms with Crippen molar-refractivity contribution in [1.82, 2.24) is 0 Å². The molecule has 4 N–H and O–H groups in total. The number of aliphatic hydroxyl groups excluding tert-OH is 1. The third-order valence-electron chi connectivity index (χ3n) is 4.36. The van der Waals surface area contributed by atoms with Gasteiger partial charge in [-0.25, -0.2) is 4.79 Å². The zero-order valence-corrected chi connectivity index (χ0v) is 14.7. The fourth-order valence-electron chi connectivity index (χ4n) is 2.70. The molecule has 0 saturated carbocycles. The van der Waals surface area contributed by atoms with Crippen LogP contribution in [0.5, 0.6) is 0 Å². The summed E-state index contributed by atoms with van der Waals surface area (Å²) in [6.45, 7) is 2.23. The Bertz CT molecular complexity index is 297. The minimum atomic E-state index is -3.03. The second kappa shape index (κ2) is 17.4. The summed E-state index contributed by atoms with van der Waals surface area (Å²) in [6.07, 6.45) is 14.0. The number of unbranched alkanes of at least 4 members (excludes halogenated alkanes) is 12. The molecule has 0 bridgehead atoms. The number of aliphatic hydroxyl groups is 3. The summed E-state index contributed by atoms with van der Waals surface area (Å²) in [5.41, 5.74) is 0. The van der Waals surface area contributed by atoms with Gasteiger partial charge in [-0.3, -0.25) is 0 Å². The molecule has 1 atom stereocenters. The molecule has 0 aromatic carbocycles. The summed E-state index contributed by atoms with van der Waals surface area (Å²) >= 11 is 0. The molecule has 0 aliphatic rings. The predicted octanol–water partition coefficient (Wildman–Crippen LogP) is 2.95.